The Kier molecular flexibility index (Phi) is 4.64. The summed E-state index contributed by atoms with van der Waals surface area (Å²) in [6, 6.07) is 2.43. The molecule has 2 heterocycles. The molecule has 2 rings (SSSR count). The first-order chi connectivity index (χ1) is 9.08. The Balaban J connectivity index is 1.76. The van der Waals surface area contributed by atoms with E-state index >= 15 is 0 Å². The lowest BCUT2D eigenvalue weighted by Gasteiger charge is -2.26. The van der Waals surface area contributed by atoms with Gasteiger partial charge in [-0.15, -0.1) is 0 Å². The predicted octanol–water partition coefficient (Wildman–Crippen LogP) is 1.94. The van der Waals surface area contributed by atoms with Gasteiger partial charge in [0.15, 0.2) is 0 Å². The lowest BCUT2D eigenvalue weighted by Crippen LogP contribution is -2.41. The number of aromatic amines is 1. The van der Waals surface area contributed by atoms with Gasteiger partial charge in [0.25, 0.3) is 0 Å². The number of carbonyl (C=O) groups excluding carboxylic acids is 1. The fourth-order valence-electron chi connectivity index (χ4n) is 2.56. The van der Waals surface area contributed by atoms with E-state index in [9.17, 15) is 4.79 Å². The first-order valence-electron chi connectivity index (χ1n) is 7.21. The molecule has 19 heavy (non-hydrogen) atoms. The molecule has 1 aliphatic rings. The van der Waals surface area contributed by atoms with Crippen molar-refractivity contribution in [2.75, 3.05) is 13.1 Å². The molecule has 0 spiro atoms. The van der Waals surface area contributed by atoms with Crippen molar-refractivity contribution in [3.8, 4) is 0 Å². The Morgan fingerprint density at radius 1 is 1.47 bits per heavy atom. The summed E-state index contributed by atoms with van der Waals surface area (Å²) in [5.41, 5.74) is 1.19. The predicted molar refractivity (Wildman–Crippen MR) is 77.1 cm³/mol. The van der Waals surface area contributed by atoms with Crippen molar-refractivity contribution in [2.24, 2.45) is 0 Å². The van der Waals surface area contributed by atoms with Crippen molar-refractivity contribution in [1.29, 1.82) is 0 Å². The minimum atomic E-state index is -0.0321. The highest BCUT2D eigenvalue weighted by atomic mass is 16.1. The van der Waals surface area contributed by atoms with Crippen molar-refractivity contribution in [1.82, 2.24) is 15.6 Å². The van der Waals surface area contributed by atoms with Crippen LogP contribution >= 0.6 is 0 Å². The summed E-state index contributed by atoms with van der Waals surface area (Å²) >= 11 is 0. The Hall–Kier alpha value is -1.29. The van der Waals surface area contributed by atoms with Gasteiger partial charge in [0.1, 0.15) is 0 Å². The van der Waals surface area contributed by atoms with Gasteiger partial charge in [-0.25, -0.2) is 0 Å². The molecular weight excluding hydrogens is 238 g/mol. The second kappa shape index (κ2) is 6.24. The Morgan fingerprint density at radius 2 is 2.32 bits per heavy atom. The Bertz CT molecular complexity index is 392. The van der Waals surface area contributed by atoms with Gasteiger partial charge in [0.2, 0.25) is 5.91 Å². The van der Waals surface area contributed by atoms with E-state index in [0.29, 0.717) is 19.0 Å². The first kappa shape index (κ1) is 14.1. The number of nitrogens with one attached hydrogen (secondary N) is 3. The molecule has 106 valence electrons. The fraction of sp³-hybridized carbons (Fsp3) is 0.667. The lowest BCUT2D eigenvalue weighted by atomic mass is 9.86. The molecule has 0 aromatic carbocycles. The van der Waals surface area contributed by atoms with Crippen LogP contribution in [0.2, 0.25) is 0 Å². The molecule has 0 aliphatic carbocycles. The number of rotatable bonds is 5. The molecule has 0 radical (unpaired) electrons. The number of piperidine rings is 1. The van der Waals surface area contributed by atoms with Crippen LogP contribution in [0.3, 0.4) is 0 Å². The van der Waals surface area contributed by atoms with Crippen LogP contribution in [0, 0.1) is 0 Å². The van der Waals surface area contributed by atoms with Crippen LogP contribution in [-0.4, -0.2) is 30.0 Å². The second-order valence-corrected chi connectivity index (χ2v) is 6.11. The van der Waals surface area contributed by atoms with E-state index in [1.807, 2.05) is 12.4 Å². The molecule has 4 nitrogen and oxygen atoms in total. The van der Waals surface area contributed by atoms with Gasteiger partial charge in [0.05, 0.1) is 0 Å². The minimum absolute atomic E-state index is 0.0321. The highest BCUT2D eigenvalue weighted by Crippen LogP contribution is 2.21. The summed E-state index contributed by atoms with van der Waals surface area (Å²) in [5, 5.41) is 6.47. The third-order valence-electron chi connectivity index (χ3n) is 3.95. The van der Waals surface area contributed by atoms with Gasteiger partial charge in [-0.3, -0.25) is 4.79 Å². The molecule has 1 saturated heterocycles. The van der Waals surface area contributed by atoms with Crippen LogP contribution in [0.5, 0.6) is 0 Å². The van der Waals surface area contributed by atoms with E-state index < -0.39 is 0 Å². The first-order valence-corrected chi connectivity index (χ1v) is 7.21. The number of carbonyl (C=O) groups is 1. The lowest BCUT2D eigenvalue weighted by molar-refractivity contribution is -0.121. The molecule has 1 amide bonds. The smallest absolute Gasteiger partial charge is 0.221 e. The molecule has 4 heteroatoms. The molecule has 0 bridgehead atoms. The van der Waals surface area contributed by atoms with Crippen molar-refractivity contribution in [3.05, 3.63) is 24.0 Å². The third kappa shape index (κ3) is 4.10. The van der Waals surface area contributed by atoms with Gasteiger partial charge in [-0.1, -0.05) is 20.3 Å². The van der Waals surface area contributed by atoms with Gasteiger partial charge >= 0.3 is 0 Å². The molecular formula is C15H25N3O. The van der Waals surface area contributed by atoms with Crippen molar-refractivity contribution < 1.29 is 4.79 Å². The average Bonchev–Trinajstić information content (AvgIpc) is 2.92. The van der Waals surface area contributed by atoms with Gasteiger partial charge < -0.3 is 15.6 Å². The summed E-state index contributed by atoms with van der Waals surface area (Å²) in [5.74, 6) is 0.156. The number of H-pyrrole nitrogens is 1. The zero-order chi connectivity index (χ0) is 13.7. The number of hydrogen-bond acceptors (Lipinski definition) is 2. The number of amides is 1. The summed E-state index contributed by atoms with van der Waals surface area (Å²) in [6.07, 6.45) is 8.11. The number of aromatic nitrogens is 1. The van der Waals surface area contributed by atoms with Crippen molar-refractivity contribution >= 4 is 5.91 Å². The van der Waals surface area contributed by atoms with Crippen molar-refractivity contribution in [2.45, 2.75) is 51.0 Å². The van der Waals surface area contributed by atoms with E-state index in [1.54, 1.807) is 0 Å². The highest BCUT2D eigenvalue weighted by Gasteiger charge is 2.23. The quantitative estimate of drug-likeness (QED) is 0.760. The Labute approximate surface area is 115 Å². The average molecular weight is 263 g/mol. The van der Waals surface area contributed by atoms with E-state index in [2.05, 4.69) is 35.5 Å². The van der Waals surface area contributed by atoms with Crippen LogP contribution in [0.25, 0.3) is 0 Å². The molecule has 1 aromatic heterocycles. The maximum Gasteiger partial charge on any atom is 0.221 e. The zero-order valence-corrected chi connectivity index (χ0v) is 12.0. The van der Waals surface area contributed by atoms with E-state index in [4.69, 9.17) is 0 Å². The topological polar surface area (TPSA) is 56.9 Å². The monoisotopic (exact) mass is 263 g/mol. The van der Waals surface area contributed by atoms with Crippen LogP contribution in [0.15, 0.2) is 18.5 Å². The van der Waals surface area contributed by atoms with Gasteiger partial charge in [-0.2, -0.15) is 0 Å². The molecule has 1 atom stereocenters. The van der Waals surface area contributed by atoms with Crippen molar-refractivity contribution in [3.63, 3.8) is 0 Å². The molecule has 1 aliphatic heterocycles. The van der Waals surface area contributed by atoms with Crippen LogP contribution in [-0.2, 0) is 10.2 Å². The molecule has 1 unspecified atom stereocenters. The minimum Gasteiger partial charge on any atom is -0.367 e. The summed E-state index contributed by atoms with van der Waals surface area (Å²) in [4.78, 5) is 15.0. The van der Waals surface area contributed by atoms with Crippen LogP contribution in [0.1, 0.15) is 45.1 Å². The Morgan fingerprint density at radius 3 is 2.95 bits per heavy atom. The summed E-state index contributed by atoms with van der Waals surface area (Å²) in [6.45, 7) is 6.02. The highest BCUT2D eigenvalue weighted by molar-refractivity contribution is 5.76. The molecule has 1 fully saturated rings. The summed E-state index contributed by atoms with van der Waals surface area (Å²) in [7, 11) is 0. The third-order valence-corrected chi connectivity index (χ3v) is 3.95. The standard InChI is InChI=1S/C15H25N3O/c1-15(2,12-6-8-16-10-12)11-18-14(19)9-13-5-3-4-7-17-13/h6,8,10,13,16-17H,3-5,7,9,11H2,1-2H3,(H,18,19). The largest absolute Gasteiger partial charge is 0.367 e. The number of hydrogen-bond donors (Lipinski definition) is 3. The molecule has 3 N–H and O–H groups in total. The summed E-state index contributed by atoms with van der Waals surface area (Å²) < 4.78 is 0. The maximum atomic E-state index is 12.0. The SMILES string of the molecule is CC(C)(CNC(=O)CC1CCCCN1)c1cc[nH]c1. The maximum absolute atomic E-state index is 12.0. The molecule has 0 saturated carbocycles. The van der Waals surface area contributed by atoms with E-state index in [0.717, 1.165) is 13.0 Å². The second-order valence-electron chi connectivity index (χ2n) is 6.11. The zero-order valence-electron chi connectivity index (χ0n) is 12.0. The van der Waals surface area contributed by atoms with E-state index in [1.165, 1.54) is 18.4 Å². The molecule has 1 aromatic rings. The van der Waals surface area contributed by atoms with Crippen LogP contribution < -0.4 is 10.6 Å². The van der Waals surface area contributed by atoms with Gasteiger partial charge in [0, 0.05) is 36.8 Å². The van der Waals surface area contributed by atoms with Gasteiger partial charge in [-0.05, 0) is 31.0 Å². The fourth-order valence-corrected chi connectivity index (χ4v) is 2.56. The van der Waals surface area contributed by atoms with E-state index in [-0.39, 0.29) is 11.3 Å². The van der Waals surface area contributed by atoms with Crippen LogP contribution in [0.4, 0.5) is 0 Å². The normalized spacial score (nSPS) is 20.2.